The Morgan fingerprint density at radius 3 is 2.55 bits per heavy atom. The van der Waals surface area contributed by atoms with E-state index >= 15 is 0 Å². The zero-order valence-corrected chi connectivity index (χ0v) is 14.3. The van der Waals surface area contributed by atoms with Gasteiger partial charge in [0.15, 0.2) is 0 Å². The van der Waals surface area contributed by atoms with Crippen molar-refractivity contribution >= 4 is 11.9 Å². The van der Waals surface area contributed by atoms with Crippen LogP contribution in [0.3, 0.4) is 0 Å². The maximum Gasteiger partial charge on any atom is 0.309 e. The SMILES string of the molecule is CCCCOC(=O)[C@H](CC)[C@H]1CCCC[C@H]1NC(=O)[C@@H](C)N. The maximum absolute atomic E-state index is 12.4. The molecule has 0 unspecified atom stereocenters. The Labute approximate surface area is 134 Å². The molecule has 5 nitrogen and oxygen atoms in total. The zero-order valence-electron chi connectivity index (χ0n) is 14.3. The highest BCUT2D eigenvalue weighted by Gasteiger charge is 2.36. The number of rotatable bonds is 8. The van der Waals surface area contributed by atoms with Crippen LogP contribution < -0.4 is 11.1 Å². The van der Waals surface area contributed by atoms with Gasteiger partial charge in [0.2, 0.25) is 5.91 Å². The fourth-order valence-corrected chi connectivity index (χ4v) is 3.20. The fourth-order valence-electron chi connectivity index (χ4n) is 3.20. The van der Waals surface area contributed by atoms with Crippen LogP contribution in [-0.2, 0) is 14.3 Å². The van der Waals surface area contributed by atoms with Crippen molar-refractivity contribution in [3.05, 3.63) is 0 Å². The Hall–Kier alpha value is -1.10. The number of hydrogen-bond acceptors (Lipinski definition) is 4. The average Bonchev–Trinajstić information content (AvgIpc) is 2.49. The van der Waals surface area contributed by atoms with Crippen LogP contribution in [0.5, 0.6) is 0 Å². The first-order valence-electron chi connectivity index (χ1n) is 8.73. The summed E-state index contributed by atoms with van der Waals surface area (Å²) in [4.78, 5) is 24.2. The Balaban J connectivity index is 2.68. The minimum atomic E-state index is -0.515. The molecule has 22 heavy (non-hydrogen) atoms. The second kappa shape index (κ2) is 9.82. The summed E-state index contributed by atoms with van der Waals surface area (Å²) in [7, 11) is 0. The molecular formula is C17H32N2O3. The van der Waals surface area contributed by atoms with E-state index in [-0.39, 0.29) is 29.8 Å². The Morgan fingerprint density at radius 1 is 1.27 bits per heavy atom. The van der Waals surface area contributed by atoms with E-state index in [1.165, 1.54) is 0 Å². The third-order valence-corrected chi connectivity index (χ3v) is 4.56. The number of esters is 1. The smallest absolute Gasteiger partial charge is 0.309 e. The summed E-state index contributed by atoms with van der Waals surface area (Å²) >= 11 is 0. The first-order valence-corrected chi connectivity index (χ1v) is 8.73. The van der Waals surface area contributed by atoms with Gasteiger partial charge in [-0.3, -0.25) is 9.59 Å². The van der Waals surface area contributed by atoms with Gasteiger partial charge >= 0.3 is 5.97 Å². The van der Waals surface area contributed by atoms with Crippen molar-refractivity contribution < 1.29 is 14.3 Å². The van der Waals surface area contributed by atoms with E-state index in [2.05, 4.69) is 12.2 Å². The summed E-state index contributed by atoms with van der Waals surface area (Å²) in [6.45, 7) is 6.27. The van der Waals surface area contributed by atoms with E-state index in [4.69, 9.17) is 10.5 Å². The standard InChI is InChI=1S/C17H32N2O3/c1-4-6-11-22-17(21)13(5-2)14-9-7-8-10-15(14)19-16(20)12(3)18/h12-15H,4-11,18H2,1-3H3,(H,19,20)/t12-,13-,14-,15-/m1/s1. The molecule has 0 bridgehead atoms. The number of carbonyl (C=O) groups is 2. The number of nitrogens with one attached hydrogen (secondary N) is 1. The van der Waals surface area contributed by atoms with Crippen LogP contribution in [0.1, 0.15) is 65.7 Å². The molecule has 5 heteroatoms. The van der Waals surface area contributed by atoms with Crippen LogP contribution in [0, 0.1) is 11.8 Å². The van der Waals surface area contributed by atoms with Gasteiger partial charge in [-0.2, -0.15) is 0 Å². The molecule has 0 aromatic heterocycles. The maximum atomic E-state index is 12.4. The summed E-state index contributed by atoms with van der Waals surface area (Å²) in [5.41, 5.74) is 5.64. The second-order valence-electron chi connectivity index (χ2n) is 6.39. The minimum Gasteiger partial charge on any atom is -0.465 e. The Kier molecular flexibility index (Phi) is 8.46. The fraction of sp³-hybridized carbons (Fsp3) is 0.882. The van der Waals surface area contributed by atoms with Crippen LogP contribution in [0.4, 0.5) is 0 Å². The second-order valence-corrected chi connectivity index (χ2v) is 6.39. The number of hydrogen-bond donors (Lipinski definition) is 2. The highest BCUT2D eigenvalue weighted by atomic mass is 16.5. The molecule has 0 heterocycles. The highest BCUT2D eigenvalue weighted by Crippen LogP contribution is 2.33. The molecule has 0 saturated heterocycles. The van der Waals surface area contributed by atoms with E-state index in [1.807, 2.05) is 6.92 Å². The van der Waals surface area contributed by atoms with Gasteiger partial charge in [-0.15, -0.1) is 0 Å². The number of unbranched alkanes of at least 4 members (excludes halogenated alkanes) is 1. The largest absolute Gasteiger partial charge is 0.465 e. The zero-order chi connectivity index (χ0) is 16.5. The van der Waals surface area contributed by atoms with Crippen LogP contribution in [0.2, 0.25) is 0 Å². The molecule has 128 valence electrons. The molecule has 1 aliphatic carbocycles. The lowest BCUT2D eigenvalue weighted by atomic mass is 9.75. The van der Waals surface area contributed by atoms with E-state index in [1.54, 1.807) is 6.92 Å². The predicted molar refractivity (Wildman–Crippen MR) is 87.2 cm³/mol. The third kappa shape index (κ3) is 5.59. The first kappa shape index (κ1) is 18.9. The molecule has 0 aromatic rings. The van der Waals surface area contributed by atoms with Gasteiger partial charge in [-0.05, 0) is 38.5 Å². The summed E-state index contributed by atoms with van der Waals surface area (Å²) in [5.74, 6) is -0.208. The number of amides is 1. The van der Waals surface area contributed by atoms with E-state index < -0.39 is 6.04 Å². The monoisotopic (exact) mass is 312 g/mol. The molecule has 4 atom stereocenters. The predicted octanol–water partition coefficient (Wildman–Crippen LogP) is 2.38. The molecule has 0 aromatic carbocycles. The molecule has 1 saturated carbocycles. The third-order valence-electron chi connectivity index (χ3n) is 4.56. The highest BCUT2D eigenvalue weighted by molar-refractivity contribution is 5.81. The lowest BCUT2D eigenvalue weighted by Gasteiger charge is -2.36. The van der Waals surface area contributed by atoms with Crippen LogP contribution in [-0.4, -0.2) is 30.6 Å². The average molecular weight is 312 g/mol. The van der Waals surface area contributed by atoms with Gasteiger partial charge in [-0.1, -0.05) is 33.1 Å². The number of carbonyl (C=O) groups excluding carboxylic acids is 2. The van der Waals surface area contributed by atoms with E-state index in [0.717, 1.165) is 44.9 Å². The molecule has 0 aliphatic heterocycles. The first-order chi connectivity index (χ1) is 10.5. The van der Waals surface area contributed by atoms with Crippen LogP contribution in [0.15, 0.2) is 0 Å². The van der Waals surface area contributed by atoms with Gasteiger partial charge in [0.25, 0.3) is 0 Å². The van der Waals surface area contributed by atoms with Crippen molar-refractivity contribution in [2.45, 2.75) is 77.8 Å². The number of nitrogens with two attached hydrogens (primary N) is 1. The lowest BCUT2D eigenvalue weighted by molar-refractivity contribution is -0.152. The normalized spacial score (nSPS) is 24.4. The van der Waals surface area contributed by atoms with Gasteiger partial charge in [0, 0.05) is 6.04 Å². The summed E-state index contributed by atoms with van der Waals surface area (Å²) in [6, 6.07) is -0.477. The molecule has 1 rings (SSSR count). The topological polar surface area (TPSA) is 81.4 Å². The van der Waals surface area contributed by atoms with Crippen molar-refractivity contribution in [3.8, 4) is 0 Å². The summed E-state index contributed by atoms with van der Waals surface area (Å²) in [5, 5.41) is 3.03. The van der Waals surface area contributed by atoms with Crippen molar-refractivity contribution in [3.63, 3.8) is 0 Å². The van der Waals surface area contributed by atoms with Crippen molar-refractivity contribution in [2.24, 2.45) is 17.6 Å². The van der Waals surface area contributed by atoms with Gasteiger partial charge < -0.3 is 15.8 Å². The molecule has 1 fully saturated rings. The van der Waals surface area contributed by atoms with Gasteiger partial charge in [0.1, 0.15) is 0 Å². The van der Waals surface area contributed by atoms with Crippen LogP contribution >= 0.6 is 0 Å². The van der Waals surface area contributed by atoms with E-state index in [0.29, 0.717) is 6.61 Å². The van der Waals surface area contributed by atoms with Crippen molar-refractivity contribution in [2.75, 3.05) is 6.61 Å². The lowest BCUT2D eigenvalue weighted by Crippen LogP contribution is -2.50. The van der Waals surface area contributed by atoms with Crippen molar-refractivity contribution in [1.29, 1.82) is 0 Å². The molecule has 0 spiro atoms. The Bertz CT molecular complexity index is 358. The summed E-state index contributed by atoms with van der Waals surface area (Å²) < 4.78 is 5.41. The van der Waals surface area contributed by atoms with E-state index in [9.17, 15) is 9.59 Å². The molecule has 0 radical (unpaired) electrons. The van der Waals surface area contributed by atoms with Crippen LogP contribution in [0.25, 0.3) is 0 Å². The van der Waals surface area contributed by atoms with Crippen molar-refractivity contribution in [1.82, 2.24) is 5.32 Å². The van der Waals surface area contributed by atoms with Gasteiger partial charge in [0.05, 0.1) is 18.6 Å². The van der Waals surface area contributed by atoms with Gasteiger partial charge in [-0.25, -0.2) is 0 Å². The molecular weight excluding hydrogens is 280 g/mol. The minimum absolute atomic E-state index is 0.0379. The molecule has 1 aliphatic rings. The molecule has 1 amide bonds. The molecule has 3 N–H and O–H groups in total. The Morgan fingerprint density at radius 2 is 1.95 bits per heavy atom. The quantitative estimate of drug-likeness (QED) is 0.532. The number of ether oxygens (including phenoxy) is 1. The summed E-state index contributed by atoms with van der Waals surface area (Å²) in [6.07, 6.45) is 6.74.